The molecule has 0 unspecified atom stereocenters. The molecule has 3 heterocycles. The molecule has 8 heteroatoms. The van der Waals surface area contributed by atoms with Crippen LogP contribution in [-0.4, -0.2) is 78.7 Å². The number of piperazine rings is 1. The third kappa shape index (κ3) is 6.58. The summed E-state index contributed by atoms with van der Waals surface area (Å²) in [6.45, 7) is 10.9. The van der Waals surface area contributed by atoms with Gasteiger partial charge < -0.3 is 24.8 Å². The highest BCUT2D eigenvalue weighted by Crippen LogP contribution is 2.23. The van der Waals surface area contributed by atoms with Crippen molar-refractivity contribution in [3.05, 3.63) is 18.3 Å². The summed E-state index contributed by atoms with van der Waals surface area (Å²) in [5.41, 5.74) is 0.242. The van der Waals surface area contributed by atoms with Crippen molar-refractivity contribution in [3.63, 3.8) is 0 Å². The van der Waals surface area contributed by atoms with Crippen molar-refractivity contribution in [1.29, 1.82) is 0 Å². The molecule has 8 nitrogen and oxygen atoms in total. The first-order valence-electron chi connectivity index (χ1n) is 10.9. The van der Waals surface area contributed by atoms with Gasteiger partial charge >= 0.3 is 6.09 Å². The van der Waals surface area contributed by atoms with Crippen molar-refractivity contribution in [3.8, 4) is 0 Å². The van der Waals surface area contributed by atoms with Crippen molar-refractivity contribution in [2.45, 2.75) is 45.6 Å². The zero-order valence-corrected chi connectivity index (χ0v) is 18.7. The van der Waals surface area contributed by atoms with E-state index in [1.165, 1.54) is 0 Å². The van der Waals surface area contributed by atoms with Gasteiger partial charge in [0.05, 0.1) is 11.9 Å². The molecule has 166 valence electrons. The summed E-state index contributed by atoms with van der Waals surface area (Å²) in [4.78, 5) is 35.4. The number of carbonyl (C=O) groups is 2. The van der Waals surface area contributed by atoms with Crippen molar-refractivity contribution in [1.82, 2.24) is 14.8 Å². The summed E-state index contributed by atoms with van der Waals surface area (Å²) >= 11 is 0. The van der Waals surface area contributed by atoms with Crippen LogP contribution in [0.4, 0.5) is 16.3 Å². The van der Waals surface area contributed by atoms with Crippen molar-refractivity contribution in [2.75, 3.05) is 56.5 Å². The van der Waals surface area contributed by atoms with E-state index in [1.54, 1.807) is 11.1 Å². The van der Waals surface area contributed by atoms with Crippen LogP contribution < -0.4 is 10.2 Å². The summed E-state index contributed by atoms with van der Waals surface area (Å²) in [5, 5.41) is 2.96. The fraction of sp³-hybridized carbons (Fsp3) is 0.682. The van der Waals surface area contributed by atoms with Gasteiger partial charge in [0, 0.05) is 45.7 Å². The molecule has 0 atom stereocenters. The third-order valence-electron chi connectivity index (χ3n) is 5.60. The number of pyridine rings is 1. The lowest BCUT2D eigenvalue weighted by atomic mass is 9.93. The van der Waals surface area contributed by atoms with Crippen LogP contribution in [0, 0.1) is 5.92 Å². The second kappa shape index (κ2) is 9.64. The number of hydrogen-bond donors (Lipinski definition) is 1. The number of likely N-dealkylation sites (N-methyl/N-ethyl adjacent to an activating group) is 1. The Morgan fingerprint density at radius 2 is 1.77 bits per heavy atom. The first-order chi connectivity index (χ1) is 14.2. The van der Waals surface area contributed by atoms with Crippen LogP contribution in [0.1, 0.15) is 40.0 Å². The quantitative estimate of drug-likeness (QED) is 0.812. The molecule has 2 aliphatic heterocycles. The largest absolute Gasteiger partial charge is 0.444 e. The molecule has 1 aromatic heterocycles. The van der Waals surface area contributed by atoms with E-state index in [0.29, 0.717) is 19.5 Å². The maximum absolute atomic E-state index is 12.4. The normalized spacial score (nSPS) is 18.9. The molecule has 0 saturated carbocycles. The van der Waals surface area contributed by atoms with Gasteiger partial charge in [0.1, 0.15) is 11.4 Å². The minimum absolute atomic E-state index is 0.000125. The maximum atomic E-state index is 12.4. The average Bonchev–Trinajstić information content (AvgIpc) is 2.68. The fourth-order valence-electron chi connectivity index (χ4n) is 3.80. The van der Waals surface area contributed by atoms with Crippen molar-refractivity contribution < 1.29 is 14.3 Å². The van der Waals surface area contributed by atoms with E-state index in [0.717, 1.165) is 50.5 Å². The number of carbonyl (C=O) groups excluding carboxylic acids is 2. The lowest BCUT2D eigenvalue weighted by Crippen LogP contribution is -2.44. The molecule has 0 aromatic carbocycles. The molecule has 30 heavy (non-hydrogen) atoms. The highest BCUT2D eigenvalue weighted by molar-refractivity contribution is 5.90. The molecule has 2 fully saturated rings. The lowest BCUT2D eigenvalue weighted by molar-refractivity contribution is -0.117. The molecular weight excluding hydrogens is 382 g/mol. The van der Waals surface area contributed by atoms with Crippen molar-refractivity contribution >= 4 is 23.5 Å². The van der Waals surface area contributed by atoms with Crippen LogP contribution >= 0.6 is 0 Å². The van der Waals surface area contributed by atoms with E-state index in [4.69, 9.17) is 4.74 Å². The van der Waals surface area contributed by atoms with Gasteiger partial charge in [-0.25, -0.2) is 9.78 Å². The van der Waals surface area contributed by atoms with Crippen LogP contribution in [0.2, 0.25) is 0 Å². The van der Waals surface area contributed by atoms with Crippen LogP contribution in [-0.2, 0) is 9.53 Å². The summed E-state index contributed by atoms with van der Waals surface area (Å²) < 4.78 is 5.43. The standard InChI is InChI=1S/C22H35N5O3/c1-22(2,3)30-21(29)27-9-7-17(8-10-27)15-20(28)24-18-5-6-19(23-16-18)26-13-11-25(4)12-14-26/h5-6,16-17H,7-15H2,1-4H3,(H,24,28). The van der Waals surface area contributed by atoms with Crippen molar-refractivity contribution in [2.24, 2.45) is 5.92 Å². The second-order valence-corrected chi connectivity index (χ2v) is 9.36. The molecule has 2 saturated heterocycles. The Labute approximate surface area is 179 Å². The topological polar surface area (TPSA) is 78.0 Å². The zero-order chi connectivity index (χ0) is 21.7. The minimum Gasteiger partial charge on any atom is -0.444 e. The number of hydrogen-bond acceptors (Lipinski definition) is 6. The second-order valence-electron chi connectivity index (χ2n) is 9.36. The van der Waals surface area contributed by atoms with Gasteiger partial charge in [0.25, 0.3) is 0 Å². The van der Waals surface area contributed by atoms with Gasteiger partial charge in [-0.1, -0.05) is 0 Å². The van der Waals surface area contributed by atoms with Gasteiger partial charge in [-0.3, -0.25) is 4.79 Å². The number of ether oxygens (including phenoxy) is 1. The zero-order valence-electron chi connectivity index (χ0n) is 18.7. The average molecular weight is 418 g/mol. The molecule has 0 aliphatic carbocycles. The molecule has 0 bridgehead atoms. The van der Waals surface area contributed by atoms with E-state index in [1.807, 2.05) is 32.9 Å². The van der Waals surface area contributed by atoms with Crippen LogP contribution in [0.15, 0.2) is 18.3 Å². The Hall–Kier alpha value is -2.35. The SMILES string of the molecule is CN1CCN(c2ccc(NC(=O)CC3CCN(C(=O)OC(C)(C)C)CC3)cn2)CC1. The Morgan fingerprint density at radius 3 is 2.33 bits per heavy atom. The van der Waals surface area contributed by atoms with E-state index in [9.17, 15) is 9.59 Å². The van der Waals surface area contributed by atoms with Gasteiger partial charge in [0.15, 0.2) is 0 Å². The number of aromatic nitrogens is 1. The van der Waals surface area contributed by atoms with Crippen LogP contribution in [0.25, 0.3) is 0 Å². The molecule has 3 rings (SSSR count). The van der Waals surface area contributed by atoms with E-state index >= 15 is 0 Å². The van der Waals surface area contributed by atoms with Gasteiger partial charge in [0.2, 0.25) is 5.91 Å². The molecule has 0 radical (unpaired) electrons. The summed E-state index contributed by atoms with van der Waals surface area (Å²) in [7, 11) is 2.13. The predicted octanol–water partition coefficient (Wildman–Crippen LogP) is 2.81. The van der Waals surface area contributed by atoms with Gasteiger partial charge in [-0.2, -0.15) is 0 Å². The number of likely N-dealkylation sites (tertiary alicyclic amines) is 1. The number of anilines is 2. The monoisotopic (exact) mass is 417 g/mol. The van der Waals surface area contributed by atoms with Crippen LogP contribution in [0.5, 0.6) is 0 Å². The van der Waals surface area contributed by atoms with E-state index in [2.05, 4.69) is 27.1 Å². The number of amides is 2. The lowest BCUT2D eigenvalue weighted by Gasteiger charge is -2.33. The predicted molar refractivity (Wildman–Crippen MR) is 118 cm³/mol. The smallest absolute Gasteiger partial charge is 0.410 e. The third-order valence-corrected chi connectivity index (χ3v) is 5.60. The number of nitrogens with zero attached hydrogens (tertiary/aromatic N) is 4. The Morgan fingerprint density at radius 1 is 1.10 bits per heavy atom. The molecule has 2 aliphatic rings. The maximum Gasteiger partial charge on any atom is 0.410 e. The number of nitrogens with one attached hydrogen (secondary N) is 1. The fourth-order valence-corrected chi connectivity index (χ4v) is 3.80. The first-order valence-corrected chi connectivity index (χ1v) is 10.9. The highest BCUT2D eigenvalue weighted by Gasteiger charge is 2.27. The molecule has 2 amide bonds. The number of rotatable bonds is 4. The Balaban J connectivity index is 1.41. The molecule has 1 aromatic rings. The van der Waals surface area contributed by atoms with E-state index in [-0.39, 0.29) is 17.9 Å². The molecular formula is C22H35N5O3. The van der Waals surface area contributed by atoms with Gasteiger partial charge in [-0.05, 0) is 58.7 Å². The Kier molecular flexibility index (Phi) is 7.18. The van der Waals surface area contributed by atoms with Crippen LogP contribution in [0.3, 0.4) is 0 Å². The summed E-state index contributed by atoms with van der Waals surface area (Å²) in [5.74, 6) is 1.23. The number of piperidine rings is 1. The Bertz CT molecular complexity index is 715. The molecule has 1 N–H and O–H groups in total. The summed E-state index contributed by atoms with van der Waals surface area (Å²) in [6.07, 6.45) is 3.55. The molecule has 0 spiro atoms. The first kappa shape index (κ1) is 22.3. The summed E-state index contributed by atoms with van der Waals surface area (Å²) in [6, 6.07) is 3.89. The van der Waals surface area contributed by atoms with E-state index < -0.39 is 5.60 Å². The highest BCUT2D eigenvalue weighted by atomic mass is 16.6. The minimum atomic E-state index is -0.484. The van der Waals surface area contributed by atoms with Gasteiger partial charge in [-0.15, -0.1) is 0 Å².